The SMILES string of the molecule is COc1cccc(-c2ccc(-n3c(Cl)cc4[nH]c(=O)n(-c5cccc(C)c5C)c(=O)c43)cc2)c1O. The molecule has 0 aliphatic heterocycles. The van der Waals surface area contributed by atoms with Crippen LogP contribution >= 0.6 is 11.6 Å². The number of benzene rings is 3. The van der Waals surface area contributed by atoms with Gasteiger partial charge in [0.1, 0.15) is 10.7 Å². The van der Waals surface area contributed by atoms with Crippen molar-refractivity contribution >= 4 is 22.6 Å². The summed E-state index contributed by atoms with van der Waals surface area (Å²) in [6, 6.07) is 19.6. The molecule has 2 N–H and O–H groups in total. The van der Waals surface area contributed by atoms with Crippen molar-refractivity contribution in [1.82, 2.24) is 14.1 Å². The molecule has 0 bridgehead atoms. The second kappa shape index (κ2) is 8.52. The van der Waals surface area contributed by atoms with E-state index >= 15 is 0 Å². The summed E-state index contributed by atoms with van der Waals surface area (Å²) < 4.78 is 7.94. The number of aromatic amines is 1. The van der Waals surface area contributed by atoms with Gasteiger partial charge in [0.15, 0.2) is 11.5 Å². The van der Waals surface area contributed by atoms with Crippen molar-refractivity contribution in [3.63, 3.8) is 0 Å². The third kappa shape index (κ3) is 3.61. The van der Waals surface area contributed by atoms with Gasteiger partial charge in [0.25, 0.3) is 5.56 Å². The number of aromatic nitrogens is 3. The molecule has 0 atom stereocenters. The Balaban J connectivity index is 1.69. The number of hydrogen-bond acceptors (Lipinski definition) is 4. The molecule has 2 aromatic heterocycles. The van der Waals surface area contributed by atoms with E-state index in [4.69, 9.17) is 16.3 Å². The Morgan fingerprint density at radius 3 is 2.37 bits per heavy atom. The third-order valence-electron chi connectivity index (χ3n) is 6.28. The van der Waals surface area contributed by atoms with Gasteiger partial charge >= 0.3 is 5.69 Å². The molecular formula is C27H22ClN3O4. The van der Waals surface area contributed by atoms with E-state index in [0.29, 0.717) is 28.2 Å². The van der Waals surface area contributed by atoms with E-state index < -0.39 is 11.2 Å². The molecule has 0 aliphatic carbocycles. The highest BCUT2D eigenvalue weighted by molar-refractivity contribution is 6.31. The molecule has 2 heterocycles. The van der Waals surface area contributed by atoms with Crippen LogP contribution in [0.3, 0.4) is 0 Å². The van der Waals surface area contributed by atoms with E-state index in [9.17, 15) is 14.7 Å². The fraction of sp³-hybridized carbons (Fsp3) is 0.111. The summed E-state index contributed by atoms with van der Waals surface area (Å²) in [5, 5.41) is 10.8. The molecule has 0 spiro atoms. The van der Waals surface area contributed by atoms with Crippen LogP contribution < -0.4 is 16.0 Å². The van der Waals surface area contributed by atoms with Crippen LogP contribution in [0, 0.1) is 13.8 Å². The lowest BCUT2D eigenvalue weighted by atomic mass is 10.0. The highest BCUT2D eigenvalue weighted by atomic mass is 35.5. The highest BCUT2D eigenvalue weighted by Crippen LogP contribution is 2.37. The quantitative estimate of drug-likeness (QED) is 0.368. The van der Waals surface area contributed by atoms with Crippen molar-refractivity contribution in [1.29, 1.82) is 0 Å². The van der Waals surface area contributed by atoms with Gasteiger partial charge in [0.05, 0.1) is 18.3 Å². The van der Waals surface area contributed by atoms with E-state index in [1.807, 2.05) is 38.1 Å². The van der Waals surface area contributed by atoms with Crippen molar-refractivity contribution in [2.24, 2.45) is 0 Å². The normalized spacial score (nSPS) is 11.2. The first-order chi connectivity index (χ1) is 16.8. The minimum Gasteiger partial charge on any atom is -0.504 e. The lowest BCUT2D eigenvalue weighted by Gasteiger charge is -2.13. The van der Waals surface area contributed by atoms with E-state index in [1.54, 1.807) is 47.0 Å². The lowest BCUT2D eigenvalue weighted by Crippen LogP contribution is -2.34. The van der Waals surface area contributed by atoms with Crippen LogP contribution in [-0.2, 0) is 0 Å². The average Bonchev–Trinajstić information content (AvgIpc) is 3.17. The number of para-hydroxylation sites is 1. The summed E-state index contributed by atoms with van der Waals surface area (Å²) in [4.78, 5) is 29.3. The third-order valence-corrected chi connectivity index (χ3v) is 6.56. The van der Waals surface area contributed by atoms with Crippen LogP contribution in [0.2, 0.25) is 5.15 Å². The highest BCUT2D eigenvalue weighted by Gasteiger charge is 2.19. The molecule has 5 aromatic rings. The summed E-state index contributed by atoms with van der Waals surface area (Å²) in [5.41, 5.74) is 3.93. The predicted octanol–water partition coefficient (Wildman–Crippen LogP) is 5.12. The van der Waals surface area contributed by atoms with E-state index in [-0.39, 0.29) is 16.4 Å². The van der Waals surface area contributed by atoms with Crippen molar-refractivity contribution in [2.45, 2.75) is 13.8 Å². The molecule has 176 valence electrons. The largest absolute Gasteiger partial charge is 0.504 e. The molecule has 7 nitrogen and oxygen atoms in total. The van der Waals surface area contributed by atoms with Crippen LogP contribution in [-0.4, -0.2) is 26.3 Å². The van der Waals surface area contributed by atoms with Crippen LogP contribution in [0.1, 0.15) is 11.1 Å². The van der Waals surface area contributed by atoms with Gasteiger partial charge in [-0.15, -0.1) is 0 Å². The summed E-state index contributed by atoms with van der Waals surface area (Å²) in [6.07, 6.45) is 0. The van der Waals surface area contributed by atoms with Gasteiger partial charge in [-0.05, 0) is 60.9 Å². The number of hydrogen-bond donors (Lipinski definition) is 2. The first-order valence-corrected chi connectivity index (χ1v) is 11.3. The summed E-state index contributed by atoms with van der Waals surface area (Å²) in [5.74, 6) is 0.420. The zero-order chi connectivity index (χ0) is 24.9. The van der Waals surface area contributed by atoms with Crippen molar-refractivity contribution in [3.05, 3.63) is 104 Å². The predicted molar refractivity (Wildman–Crippen MR) is 138 cm³/mol. The molecule has 0 saturated heterocycles. The zero-order valence-corrected chi connectivity index (χ0v) is 20.1. The Morgan fingerprint density at radius 2 is 1.66 bits per heavy atom. The second-order valence-electron chi connectivity index (χ2n) is 8.26. The molecule has 0 aliphatic rings. The Bertz CT molecular complexity index is 1710. The number of H-pyrrole nitrogens is 1. The van der Waals surface area contributed by atoms with Gasteiger partial charge in [0.2, 0.25) is 0 Å². The number of phenols is 1. The number of phenolic OH excluding ortho intramolecular Hbond substituents is 1. The number of nitrogens with zero attached hydrogens (tertiary/aromatic N) is 2. The van der Waals surface area contributed by atoms with Crippen LogP contribution in [0.25, 0.3) is 33.5 Å². The van der Waals surface area contributed by atoms with E-state index in [2.05, 4.69) is 4.98 Å². The molecule has 8 heteroatoms. The Hall–Kier alpha value is -4.23. The number of halogens is 1. The zero-order valence-electron chi connectivity index (χ0n) is 19.3. The molecular weight excluding hydrogens is 466 g/mol. The summed E-state index contributed by atoms with van der Waals surface area (Å²) in [6.45, 7) is 3.80. The number of fused-ring (bicyclic) bond motifs is 1. The maximum atomic E-state index is 13.6. The molecule has 35 heavy (non-hydrogen) atoms. The molecule has 0 saturated carbocycles. The van der Waals surface area contributed by atoms with Gasteiger partial charge in [0, 0.05) is 11.3 Å². The molecule has 0 unspecified atom stereocenters. The Labute approximate surface area is 205 Å². The van der Waals surface area contributed by atoms with E-state index in [1.165, 1.54) is 7.11 Å². The van der Waals surface area contributed by atoms with Crippen molar-refractivity contribution in [2.75, 3.05) is 7.11 Å². The maximum absolute atomic E-state index is 13.6. The molecule has 5 rings (SSSR count). The van der Waals surface area contributed by atoms with Crippen LogP contribution in [0.5, 0.6) is 11.5 Å². The maximum Gasteiger partial charge on any atom is 0.333 e. The fourth-order valence-corrected chi connectivity index (χ4v) is 4.60. The summed E-state index contributed by atoms with van der Waals surface area (Å²) in [7, 11) is 1.50. The molecule has 0 fully saturated rings. The van der Waals surface area contributed by atoms with Gasteiger partial charge in [-0.1, -0.05) is 48.0 Å². The van der Waals surface area contributed by atoms with Gasteiger partial charge in [-0.25, -0.2) is 9.36 Å². The van der Waals surface area contributed by atoms with Crippen LogP contribution in [0.4, 0.5) is 0 Å². The molecule has 0 amide bonds. The first kappa shape index (κ1) is 22.6. The smallest absolute Gasteiger partial charge is 0.333 e. The number of methoxy groups -OCH3 is 1. The minimum atomic E-state index is -0.533. The molecule has 0 radical (unpaired) electrons. The number of aryl methyl sites for hydroxylation is 1. The van der Waals surface area contributed by atoms with Gasteiger partial charge in [-0.2, -0.15) is 0 Å². The fourth-order valence-electron chi connectivity index (χ4n) is 4.31. The second-order valence-corrected chi connectivity index (χ2v) is 8.65. The van der Waals surface area contributed by atoms with Crippen LogP contribution in [0.15, 0.2) is 76.3 Å². The molecule has 3 aromatic carbocycles. The number of aromatic hydroxyl groups is 1. The minimum absolute atomic E-state index is 0.0428. The van der Waals surface area contributed by atoms with Gasteiger partial charge < -0.3 is 14.8 Å². The van der Waals surface area contributed by atoms with Crippen molar-refractivity contribution in [3.8, 4) is 34.0 Å². The summed E-state index contributed by atoms with van der Waals surface area (Å²) >= 11 is 6.54. The number of ether oxygens (including phenoxy) is 1. The van der Waals surface area contributed by atoms with E-state index in [0.717, 1.165) is 21.3 Å². The topological polar surface area (TPSA) is 89.2 Å². The lowest BCUT2D eigenvalue weighted by molar-refractivity contribution is 0.374. The Morgan fingerprint density at radius 1 is 0.943 bits per heavy atom. The number of rotatable bonds is 4. The van der Waals surface area contributed by atoms with Gasteiger partial charge in [-0.3, -0.25) is 9.36 Å². The number of nitrogens with one attached hydrogen (secondary N) is 1. The standard InChI is InChI=1S/C27H22ClN3O4/c1-15-6-4-8-21(16(15)2)31-26(33)24-20(29-27(31)34)14-23(28)30(24)18-12-10-17(11-13-18)19-7-5-9-22(35-3)25(19)32/h4-14,32H,1-3H3,(H,29,34). The van der Waals surface area contributed by atoms with Crippen molar-refractivity contribution < 1.29 is 9.84 Å². The Kier molecular flexibility index (Phi) is 5.49. The first-order valence-electron chi connectivity index (χ1n) is 10.9. The monoisotopic (exact) mass is 487 g/mol. The average molecular weight is 488 g/mol.